The van der Waals surface area contributed by atoms with Crippen molar-refractivity contribution >= 4 is 5.97 Å². The highest BCUT2D eigenvalue weighted by Gasteiger charge is 2.31. The molecular weight excluding hydrogens is 399 g/mol. The summed E-state index contributed by atoms with van der Waals surface area (Å²) in [4.78, 5) is 25.3. The maximum absolute atomic E-state index is 13.1. The standard InChI is InChI=1S/C21H14F3N3O3/c1-30-20(29)17-12-26(15-9-5-6-13(10-15)21(22,23)24)11-16-18(17)25-27(19(16)28)14-7-3-2-4-8-14/h2-12H,1H3. The molecule has 30 heavy (non-hydrogen) atoms. The van der Waals surface area contributed by atoms with E-state index < -0.39 is 23.3 Å². The van der Waals surface area contributed by atoms with Crippen LogP contribution in [-0.2, 0) is 10.9 Å². The third kappa shape index (κ3) is 3.34. The van der Waals surface area contributed by atoms with Crippen LogP contribution in [0.2, 0.25) is 0 Å². The highest BCUT2D eigenvalue weighted by molar-refractivity contribution is 5.96. The molecule has 0 atom stereocenters. The number of ether oxygens (including phenoxy) is 1. The predicted molar refractivity (Wildman–Crippen MR) is 102 cm³/mol. The van der Waals surface area contributed by atoms with E-state index in [0.717, 1.165) is 16.8 Å². The fourth-order valence-corrected chi connectivity index (χ4v) is 3.10. The Balaban J connectivity index is 1.97. The number of hydrogen-bond acceptors (Lipinski definition) is 4. The number of rotatable bonds is 3. The van der Waals surface area contributed by atoms with Crippen molar-refractivity contribution in [3.05, 3.63) is 88.5 Å². The molecule has 0 saturated carbocycles. The van der Waals surface area contributed by atoms with E-state index >= 15 is 0 Å². The highest BCUT2D eigenvalue weighted by Crippen LogP contribution is 2.31. The van der Waals surface area contributed by atoms with Crippen molar-refractivity contribution in [3.8, 4) is 22.6 Å². The number of carbonyl (C=O) groups is 1. The smallest absolute Gasteiger partial charge is 0.416 e. The Kier molecular flexibility index (Phi) is 4.65. The SMILES string of the molecule is COC(=O)c1cn(-c2cccc(C(F)(F)F)c2)cc2c(=O)n(-c3ccccc3)nc1-2. The lowest BCUT2D eigenvalue weighted by Gasteiger charge is -2.13. The maximum Gasteiger partial charge on any atom is 0.416 e. The maximum atomic E-state index is 13.1. The first-order valence-corrected chi connectivity index (χ1v) is 8.76. The van der Waals surface area contributed by atoms with Gasteiger partial charge in [-0.15, -0.1) is 0 Å². The monoisotopic (exact) mass is 413 g/mol. The summed E-state index contributed by atoms with van der Waals surface area (Å²) in [6.45, 7) is 0. The molecule has 4 rings (SSSR count). The molecular formula is C21H14F3N3O3. The summed E-state index contributed by atoms with van der Waals surface area (Å²) in [5, 5.41) is 4.25. The fraction of sp³-hybridized carbons (Fsp3) is 0.0952. The van der Waals surface area contributed by atoms with Gasteiger partial charge in [0.1, 0.15) is 11.3 Å². The van der Waals surface area contributed by atoms with Crippen molar-refractivity contribution < 1.29 is 22.7 Å². The van der Waals surface area contributed by atoms with Gasteiger partial charge in [0.2, 0.25) is 0 Å². The van der Waals surface area contributed by atoms with Gasteiger partial charge in [0.05, 0.1) is 23.9 Å². The van der Waals surface area contributed by atoms with E-state index in [1.807, 2.05) is 0 Å². The lowest BCUT2D eigenvalue weighted by molar-refractivity contribution is -0.137. The normalized spacial score (nSPS) is 11.6. The average Bonchev–Trinajstić information content (AvgIpc) is 3.09. The Morgan fingerprint density at radius 2 is 1.70 bits per heavy atom. The number of alkyl halides is 3. The van der Waals surface area contributed by atoms with Gasteiger partial charge in [0, 0.05) is 18.1 Å². The largest absolute Gasteiger partial charge is 0.465 e. The Morgan fingerprint density at radius 3 is 2.37 bits per heavy atom. The molecule has 152 valence electrons. The van der Waals surface area contributed by atoms with Crippen LogP contribution in [0.4, 0.5) is 13.2 Å². The van der Waals surface area contributed by atoms with Crippen molar-refractivity contribution in [1.29, 1.82) is 0 Å². The van der Waals surface area contributed by atoms with Crippen molar-refractivity contribution in [3.63, 3.8) is 0 Å². The number of nitrogens with zero attached hydrogens (tertiary/aromatic N) is 3. The van der Waals surface area contributed by atoms with Gasteiger partial charge in [-0.05, 0) is 30.3 Å². The first kappa shape index (κ1) is 19.4. The van der Waals surface area contributed by atoms with E-state index in [0.29, 0.717) is 5.69 Å². The van der Waals surface area contributed by atoms with Crippen molar-refractivity contribution in [2.24, 2.45) is 0 Å². The van der Waals surface area contributed by atoms with E-state index in [9.17, 15) is 22.8 Å². The molecule has 0 amide bonds. The summed E-state index contributed by atoms with van der Waals surface area (Å²) in [5.41, 5.74) is -0.626. The molecule has 0 aliphatic carbocycles. The molecule has 2 aliphatic heterocycles. The average molecular weight is 413 g/mol. The zero-order chi connectivity index (χ0) is 21.5. The van der Waals surface area contributed by atoms with Gasteiger partial charge in [-0.1, -0.05) is 24.3 Å². The number of pyridine rings is 1. The second-order valence-corrected chi connectivity index (χ2v) is 6.43. The van der Waals surface area contributed by atoms with Gasteiger partial charge in [0.15, 0.2) is 0 Å². The van der Waals surface area contributed by atoms with Crippen molar-refractivity contribution in [2.75, 3.05) is 7.11 Å². The molecule has 0 radical (unpaired) electrons. The molecule has 0 saturated heterocycles. The van der Waals surface area contributed by atoms with Gasteiger partial charge in [-0.2, -0.15) is 23.0 Å². The number of para-hydroxylation sites is 1. The minimum atomic E-state index is -4.53. The zero-order valence-corrected chi connectivity index (χ0v) is 15.6. The molecule has 0 spiro atoms. The van der Waals surface area contributed by atoms with E-state index in [1.165, 1.54) is 36.2 Å². The summed E-state index contributed by atoms with van der Waals surface area (Å²) >= 11 is 0. The number of carbonyl (C=O) groups excluding carboxylic acids is 1. The molecule has 0 N–H and O–H groups in total. The van der Waals surface area contributed by atoms with Crippen LogP contribution in [0.1, 0.15) is 15.9 Å². The Hall–Kier alpha value is -3.88. The Morgan fingerprint density at radius 1 is 1.00 bits per heavy atom. The van der Waals surface area contributed by atoms with Crippen LogP contribution in [0.15, 0.2) is 71.8 Å². The van der Waals surface area contributed by atoms with Crippen molar-refractivity contribution in [1.82, 2.24) is 14.3 Å². The molecule has 2 aromatic rings. The topological polar surface area (TPSA) is 66.1 Å². The van der Waals surface area contributed by atoms with E-state index in [1.54, 1.807) is 30.3 Å². The van der Waals surface area contributed by atoms with Gasteiger partial charge >= 0.3 is 12.1 Å². The summed E-state index contributed by atoms with van der Waals surface area (Å²) in [5.74, 6) is -0.765. The number of aromatic nitrogens is 3. The van der Waals surface area contributed by atoms with E-state index in [4.69, 9.17) is 4.74 Å². The third-order valence-corrected chi connectivity index (χ3v) is 4.55. The lowest BCUT2D eigenvalue weighted by atomic mass is 10.1. The molecule has 2 aliphatic rings. The molecule has 0 fully saturated rings. The molecule has 6 nitrogen and oxygen atoms in total. The van der Waals surface area contributed by atoms with Crippen molar-refractivity contribution in [2.45, 2.75) is 6.18 Å². The van der Waals surface area contributed by atoms with Crippen LogP contribution >= 0.6 is 0 Å². The number of fused-ring (bicyclic) bond motifs is 1. The second-order valence-electron chi connectivity index (χ2n) is 6.43. The summed E-state index contributed by atoms with van der Waals surface area (Å²) < 4.78 is 46.5. The molecule has 2 aromatic carbocycles. The van der Waals surface area contributed by atoms with Gasteiger partial charge in [-0.3, -0.25) is 4.79 Å². The molecule has 2 heterocycles. The van der Waals surface area contributed by atoms with Gasteiger partial charge in [-0.25, -0.2) is 4.79 Å². The van der Waals surface area contributed by atoms with Crippen LogP contribution in [0.5, 0.6) is 0 Å². The first-order valence-electron chi connectivity index (χ1n) is 8.76. The predicted octanol–water partition coefficient (Wildman–Crippen LogP) is 3.93. The third-order valence-electron chi connectivity index (χ3n) is 4.55. The first-order chi connectivity index (χ1) is 14.3. The number of benzene rings is 2. The quantitative estimate of drug-likeness (QED) is 0.478. The Bertz CT molecular complexity index is 1260. The van der Waals surface area contributed by atoms with Crippen LogP contribution in [0, 0.1) is 0 Å². The fourth-order valence-electron chi connectivity index (χ4n) is 3.10. The summed E-state index contributed by atoms with van der Waals surface area (Å²) in [6.07, 6.45) is -1.88. The number of methoxy groups -OCH3 is 1. The lowest BCUT2D eigenvalue weighted by Crippen LogP contribution is -2.15. The molecule has 0 bridgehead atoms. The second kappa shape index (κ2) is 7.18. The number of hydrogen-bond donors (Lipinski definition) is 0. The zero-order valence-electron chi connectivity index (χ0n) is 15.6. The number of halogens is 3. The van der Waals surface area contributed by atoms with Crippen LogP contribution in [-0.4, -0.2) is 27.4 Å². The highest BCUT2D eigenvalue weighted by atomic mass is 19.4. The number of esters is 1. The minimum Gasteiger partial charge on any atom is -0.465 e. The molecule has 0 unspecified atom stereocenters. The summed E-state index contributed by atoms with van der Waals surface area (Å²) in [6, 6.07) is 13.1. The Labute approximate surface area is 168 Å². The molecule has 9 heteroatoms. The van der Waals surface area contributed by atoms with E-state index in [-0.39, 0.29) is 22.5 Å². The molecule has 0 aromatic heterocycles. The van der Waals surface area contributed by atoms with Crippen LogP contribution in [0.25, 0.3) is 22.6 Å². The van der Waals surface area contributed by atoms with Crippen LogP contribution in [0.3, 0.4) is 0 Å². The van der Waals surface area contributed by atoms with Crippen LogP contribution < -0.4 is 5.56 Å². The minimum absolute atomic E-state index is 0.0424. The van der Waals surface area contributed by atoms with E-state index in [2.05, 4.69) is 5.10 Å². The van der Waals surface area contributed by atoms with Gasteiger partial charge in [0.25, 0.3) is 5.56 Å². The summed E-state index contributed by atoms with van der Waals surface area (Å²) in [7, 11) is 1.17. The van der Waals surface area contributed by atoms with Gasteiger partial charge < -0.3 is 9.30 Å².